The van der Waals surface area contributed by atoms with Crippen LogP contribution in [0.4, 0.5) is 0 Å². The van der Waals surface area contributed by atoms with Gasteiger partial charge in [0.15, 0.2) is 0 Å². The molecule has 0 radical (unpaired) electrons. The number of amides is 1. The first-order chi connectivity index (χ1) is 9.11. The van der Waals surface area contributed by atoms with Crippen LogP contribution in [0.3, 0.4) is 0 Å². The van der Waals surface area contributed by atoms with Gasteiger partial charge in [0.25, 0.3) is 5.91 Å². The molecule has 0 saturated carbocycles. The molecule has 3 N–H and O–H groups in total. The largest absolute Gasteiger partial charge is 0.497 e. The van der Waals surface area contributed by atoms with Crippen LogP contribution in [0, 0.1) is 0 Å². The highest BCUT2D eigenvalue weighted by Crippen LogP contribution is 2.34. The van der Waals surface area contributed by atoms with Crippen LogP contribution in [-0.2, 0) is 0 Å². The molecular formula is C14H11BrN2O2. The fraction of sp³-hybridized carbons (Fsp3) is 0.0714. The predicted octanol–water partition coefficient (Wildman–Crippen LogP) is 3.19. The lowest BCUT2D eigenvalue weighted by Gasteiger charge is -2.00. The third kappa shape index (κ3) is 1.77. The SMILES string of the molecule is COc1ccc2c(c1)[nH]c1c(C(N)=O)ccc(Br)c12. The molecular weight excluding hydrogens is 308 g/mol. The van der Waals surface area contributed by atoms with Crippen LogP contribution in [0.1, 0.15) is 10.4 Å². The van der Waals surface area contributed by atoms with Crippen molar-refractivity contribution in [3.63, 3.8) is 0 Å². The Bertz CT molecular complexity index is 808. The van der Waals surface area contributed by atoms with Gasteiger partial charge in [0, 0.05) is 21.3 Å². The molecule has 96 valence electrons. The second-order valence-corrected chi connectivity index (χ2v) is 5.10. The summed E-state index contributed by atoms with van der Waals surface area (Å²) >= 11 is 3.51. The van der Waals surface area contributed by atoms with Gasteiger partial charge in [-0.05, 0) is 24.3 Å². The minimum atomic E-state index is -0.448. The second-order valence-electron chi connectivity index (χ2n) is 4.25. The number of ether oxygens (including phenoxy) is 1. The molecule has 3 aromatic rings. The number of primary amides is 1. The van der Waals surface area contributed by atoms with Crippen molar-refractivity contribution in [2.75, 3.05) is 7.11 Å². The fourth-order valence-electron chi connectivity index (χ4n) is 2.28. The van der Waals surface area contributed by atoms with Gasteiger partial charge in [-0.25, -0.2) is 0 Å². The summed E-state index contributed by atoms with van der Waals surface area (Å²) in [7, 11) is 1.62. The van der Waals surface area contributed by atoms with Crippen molar-refractivity contribution in [3.8, 4) is 5.75 Å². The molecule has 0 spiro atoms. The van der Waals surface area contributed by atoms with E-state index in [-0.39, 0.29) is 0 Å². The fourth-order valence-corrected chi connectivity index (χ4v) is 2.83. The van der Waals surface area contributed by atoms with Gasteiger partial charge in [0.2, 0.25) is 0 Å². The summed E-state index contributed by atoms with van der Waals surface area (Å²) in [5, 5.41) is 1.97. The monoisotopic (exact) mass is 318 g/mol. The van der Waals surface area contributed by atoms with E-state index < -0.39 is 5.91 Å². The third-order valence-corrected chi connectivity index (χ3v) is 3.84. The van der Waals surface area contributed by atoms with Crippen LogP contribution in [0.25, 0.3) is 21.8 Å². The zero-order chi connectivity index (χ0) is 13.6. The first-order valence-corrected chi connectivity index (χ1v) is 6.49. The average Bonchev–Trinajstić information content (AvgIpc) is 2.77. The van der Waals surface area contributed by atoms with Crippen molar-refractivity contribution in [3.05, 3.63) is 40.4 Å². The van der Waals surface area contributed by atoms with Gasteiger partial charge in [-0.1, -0.05) is 15.9 Å². The van der Waals surface area contributed by atoms with Gasteiger partial charge in [0.1, 0.15) is 5.75 Å². The van der Waals surface area contributed by atoms with E-state index in [1.807, 2.05) is 24.3 Å². The number of nitrogens with two attached hydrogens (primary N) is 1. The van der Waals surface area contributed by atoms with Crippen molar-refractivity contribution in [1.29, 1.82) is 0 Å². The zero-order valence-electron chi connectivity index (χ0n) is 10.2. The first kappa shape index (κ1) is 12.0. The maximum atomic E-state index is 11.5. The number of halogens is 1. The van der Waals surface area contributed by atoms with Crippen molar-refractivity contribution >= 4 is 43.6 Å². The maximum absolute atomic E-state index is 11.5. The molecule has 0 aliphatic rings. The Morgan fingerprint density at radius 3 is 2.79 bits per heavy atom. The summed E-state index contributed by atoms with van der Waals surface area (Å²) in [4.78, 5) is 14.7. The molecule has 0 unspecified atom stereocenters. The molecule has 19 heavy (non-hydrogen) atoms. The molecule has 1 amide bonds. The van der Waals surface area contributed by atoms with Crippen LogP contribution in [0.15, 0.2) is 34.8 Å². The Hall–Kier alpha value is -2.01. The second kappa shape index (κ2) is 4.28. The summed E-state index contributed by atoms with van der Waals surface area (Å²) < 4.78 is 6.12. The number of hydrogen-bond donors (Lipinski definition) is 2. The van der Waals surface area contributed by atoms with Crippen molar-refractivity contribution in [2.45, 2.75) is 0 Å². The molecule has 0 atom stereocenters. The van der Waals surface area contributed by atoms with Crippen LogP contribution in [0.2, 0.25) is 0 Å². The predicted molar refractivity (Wildman–Crippen MR) is 78.6 cm³/mol. The zero-order valence-corrected chi connectivity index (χ0v) is 11.7. The molecule has 0 saturated heterocycles. The van der Waals surface area contributed by atoms with Gasteiger partial charge in [-0.15, -0.1) is 0 Å². The Kier molecular flexibility index (Phi) is 2.71. The highest BCUT2D eigenvalue weighted by molar-refractivity contribution is 9.10. The van der Waals surface area contributed by atoms with Gasteiger partial charge in [-0.3, -0.25) is 4.79 Å². The van der Waals surface area contributed by atoms with Crippen LogP contribution < -0.4 is 10.5 Å². The lowest BCUT2D eigenvalue weighted by atomic mass is 10.1. The van der Waals surface area contributed by atoms with Gasteiger partial charge in [-0.2, -0.15) is 0 Å². The van der Waals surface area contributed by atoms with Crippen LogP contribution in [-0.4, -0.2) is 18.0 Å². The third-order valence-electron chi connectivity index (χ3n) is 3.18. The van der Waals surface area contributed by atoms with Gasteiger partial charge in [0.05, 0.1) is 23.7 Å². The molecule has 0 fully saturated rings. The lowest BCUT2D eigenvalue weighted by molar-refractivity contribution is 0.100. The summed E-state index contributed by atoms with van der Waals surface area (Å²) in [6.07, 6.45) is 0. The highest BCUT2D eigenvalue weighted by Gasteiger charge is 2.14. The summed E-state index contributed by atoms with van der Waals surface area (Å²) in [6.45, 7) is 0. The Morgan fingerprint density at radius 2 is 2.11 bits per heavy atom. The number of hydrogen-bond acceptors (Lipinski definition) is 2. The van der Waals surface area contributed by atoms with E-state index in [2.05, 4.69) is 20.9 Å². The minimum Gasteiger partial charge on any atom is -0.497 e. The van der Waals surface area contributed by atoms with E-state index in [1.165, 1.54) is 0 Å². The highest BCUT2D eigenvalue weighted by atomic mass is 79.9. The number of aromatic amines is 1. The number of fused-ring (bicyclic) bond motifs is 3. The topological polar surface area (TPSA) is 68.1 Å². The van der Waals surface area contributed by atoms with E-state index in [0.29, 0.717) is 5.56 Å². The number of benzene rings is 2. The molecule has 3 rings (SSSR count). The summed E-state index contributed by atoms with van der Waals surface area (Å²) in [6, 6.07) is 9.29. The summed E-state index contributed by atoms with van der Waals surface area (Å²) in [5.74, 6) is 0.312. The van der Waals surface area contributed by atoms with Crippen molar-refractivity contribution < 1.29 is 9.53 Å². The summed E-state index contributed by atoms with van der Waals surface area (Å²) in [5.41, 5.74) is 7.54. The number of H-pyrrole nitrogens is 1. The van der Waals surface area contributed by atoms with E-state index in [1.54, 1.807) is 13.2 Å². The smallest absolute Gasteiger partial charge is 0.250 e. The number of aromatic nitrogens is 1. The molecule has 2 aromatic carbocycles. The van der Waals surface area contributed by atoms with E-state index >= 15 is 0 Å². The number of methoxy groups -OCH3 is 1. The maximum Gasteiger partial charge on any atom is 0.250 e. The van der Waals surface area contributed by atoms with Crippen molar-refractivity contribution in [2.24, 2.45) is 5.73 Å². The number of carbonyl (C=O) groups excluding carboxylic acids is 1. The van der Waals surface area contributed by atoms with Crippen LogP contribution >= 0.6 is 15.9 Å². The molecule has 0 aliphatic heterocycles. The number of carbonyl (C=O) groups is 1. The Morgan fingerprint density at radius 1 is 1.32 bits per heavy atom. The Balaban J connectivity index is 2.47. The van der Waals surface area contributed by atoms with E-state index in [4.69, 9.17) is 10.5 Å². The molecule has 0 aliphatic carbocycles. The van der Waals surface area contributed by atoms with Gasteiger partial charge < -0.3 is 15.5 Å². The van der Waals surface area contributed by atoms with E-state index in [0.717, 1.165) is 32.0 Å². The molecule has 0 bridgehead atoms. The molecule has 4 nitrogen and oxygen atoms in total. The van der Waals surface area contributed by atoms with Gasteiger partial charge >= 0.3 is 0 Å². The molecule has 5 heteroatoms. The number of nitrogens with one attached hydrogen (secondary N) is 1. The quantitative estimate of drug-likeness (QED) is 0.762. The van der Waals surface area contributed by atoms with E-state index in [9.17, 15) is 4.79 Å². The van der Waals surface area contributed by atoms with Crippen LogP contribution in [0.5, 0.6) is 5.75 Å². The van der Waals surface area contributed by atoms with Crippen molar-refractivity contribution in [1.82, 2.24) is 4.98 Å². The normalized spacial score (nSPS) is 11.1. The first-order valence-electron chi connectivity index (χ1n) is 5.69. The standard InChI is InChI=1S/C14H11BrN2O2/c1-19-7-2-3-8-11(6-7)17-13-9(14(16)18)4-5-10(15)12(8)13/h2-6,17H,1H3,(H2,16,18). The lowest BCUT2D eigenvalue weighted by Crippen LogP contribution is -2.11. The minimum absolute atomic E-state index is 0.448. The molecule has 1 aromatic heterocycles. The Labute approximate surface area is 117 Å². The molecule has 1 heterocycles. The average molecular weight is 319 g/mol. The number of rotatable bonds is 2.